The maximum Gasteiger partial charge on any atom is 0.334 e. The second-order valence-electron chi connectivity index (χ2n) is 6.25. The van der Waals surface area contributed by atoms with Crippen molar-refractivity contribution in [2.24, 2.45) is 17.3 Å². The van der Waals surface area contributed by atoms with Gasteiger partial charge in [0, 0.05) is 17.9 Å². The topological polar surface area (TPSA) is 43.4 Å². The quantitative estimate of drug-likeness (QED) is 0.487. The van der Waals surface area contributed by atoms with Crippen LogP contribution in [-0.2, 0) is 14.3 Å². The van der Waals surface area contributed by atoms with E-state index >= 15 is 0 Å². The number of ether oxygens (including phenoxy) is 1. The summed E-state index contributed by atoms with van der Waals surface area (Å²) in [7, 11) is 0. The van der Waals surface area contributed by atoms with Crippen LogP contribution in [0.1, 0.15) is 33.1 Å². The summed E-state index contributed by atoms with van der Waals surface area (Å²) in [6, 6.07) is 0. The molecule has 2 fully saturated rings. The van der Waals surface area contributed by atoms with Gasteiger partial charge in [-0.3, -0.25) is 4.79 Å². The summed E-state index contributed by atoms with van der Waals surface area (Å²) in [5, 5.41) is 0. The van der Waals surface area contributed by atoms with E-state index in [1.165, 1.54) is 0 Å². The van der Waals surface area contributed by atoms with Crippen LogP contribution in [0.4, 0.5) is 0 Å². The summed E-state index contributed by atoms with van der Waals surface area (Å²) >= 11 is 0. The molecule has 1 saturated carbocycles. The molecule has 2 aliphatic carbocycles. The second kappa shape index (κ2) is 3.56. The van der Waals surface area contributed by atoms with Crippen LogP contribution >= 0.6 is 0 Å². The van der Waals surface area contributed by atoms with Crippen molar-refractivity contribution < 1.29 is 14.3 Å². The first-order valence-electron chi connectivity index (χ1n) is 6.51. The van der Waals surface area contributed by atoms with Crippen LogP contribution in [0.2, 0.25) is 0 Å². The van der Waals surface area contributed by atoms with Gasteiger partial charge in [-0.2, -0.15) is 0 Å². The molecule has 18 heavy (non-hydrogen) atoms. The average molecular weight is 246 g/mol. The highest BCUT2D eigenvalue weighted by atomic mass is 16.6. The molecule has 1 aliphatic heterocycles. The molecule has 0 aromatic carbocycles. The van der Waals surface area contributed by atoms with Crippen molar-refractivity contribution in [1.29, 1.82) is 0 Å². The van der Waals surface area contributed by atoms with Crippen LogP contribution < -0.4 is 0 Å². The van der Waals surface area contributed by atoms with Crippen LogP contribution in [0.15, 0.2) is 23.8 Å². The van der Waals surface area contributed by atoms with Gasteiger partial charge < -0.3 is 4.74 Å². The molecule has 0 radical (unpaired) electrons. The summed E-state index contributed by atoms with van der Waals surface area (Å²) in [6.45, 7) is 8.04. The van der Waals surface area contributed by atoms with Gasteiger partial charge in [-0.15, -0.1) is 0 Å². The molecule has 1 heterocycles. The van der Waals surface area contributed by atoms with E-state index in [1.54, 1.807) is 6.08 Å². The predicted octanol–water partition coefficient (Wildman–Crippen LogP) is 2.42. The molecule has 0 amide bonds. The van der Waals surface area contributed by atoms with Crippen LogP contribution in [0.5, 0.6) is 0 Å². The van der Waals surface area contributed by atoms with E-state index in [0.717, 1.165) is 18.4 Å². The lowest BCUT2D eigenvalue weighted by Gasteiger charge is -2.47. The smallest absolute Gasteiger partial charge is 0.334 e. The van der Waals surface area contributed by atoms with E-state index in [0.29, 0.717) is 17.9 Å². The average Bonchev–Trinajstić information content (AvgIpc) is 2.50. The molecular formula is C15H18O3. The van der Waals surface area contributed by atoms with Crippen molar-refractivity contribution in [2.45, 2.75) is 39.2 Å². The number of fused-ring (bicyclic) bond motifs is 2. The molecule has 96 valence electrons. The SMILES string of the molecule is C=C1C(=O)O[C@@H]2C[C@@]3(C)CC(=O)C=C(C)[C@@H]3C[C@H]12. The summed E-state index contributed by atoms with van der Waals surface area (Å²) in [5.74, 6) is 0.475. The summed E-state index contributed by atoms with van der Waals surface area (Å²) in [6.07, 6.45) is 3.95. The predicted molar refractivity (Wildman–Crippen MR) is 66.7 cm³/mol. The minimum atomic E-state index is -0.250. The first-order valence-corrected chi connectivity index (χ1v) is 6.51. The number of carbonyl (C=O) groups is 2. The Morgan fingerprint density at radius 2 is 2.17 bits per heavy atom. The Balaban J connectivity index is 1.96. The summed E-state index contributed by atoms with van der Waals surface area (Å²) in [4.78, 5) is 23.3. The minimum absolute atomic E-state index is 0.0536. The number of ketones is 1. The molecule has 3 rings (SSSR count). The van der Waals surface area contributed by atoms with Gasteiger partial charge in [-0.05, 0) is 37.2 Å². The van der Waals surface area contributed by atoms with Gasteiger partial charge >= 0.3 is 5.97 Å². The first-order chi connectivity index (χ1) is 8.40. The Labute approximate surface area is 107 Å². The molecule has 0 bridgehead atoms. The largest absolute Gasteiger partial charge is 0.458 e. The number of rotatable bonds is 0. The van der Waals surface area contributed by atoms with E-state index in [2.05, 4.69) is 13.5 Å². The highest BCUT2D eigenvalue weighted by molar-refractivity contribution is 5.93. The second-order valence-corrected chi connectivity index (χ2v) is 6.25. The molecule has 0 spiro atoms. The molecule has 1 saturated heterocycles. The van der Waals surface area contributed by atoms with Crippen LogP contribution in [-0.4, -0.2) is 17.9 Å². The van der Waals surface area contributed by atoms with Crippen molar-refractivity contribution in [3.63, 3.8) is 0 Å². The van der Waals surface area contributed by atoms with E-state index < -0.39 is 0 Å². The minimum Gasteiger partial charge on any atom is -0.458 e. The standard InChI is InChI=1S/C15H18O3/c1-8-4-10(16)6-15(3)7-13-11(5-12(8)15)9(2)14(17)18-13/h4,11-13H,2,5-7H2,1,3H3/t11-,12+,13-,15-/m1/s1. The molecule has 3 nitrogen and oxygen atoms in total. The molecule has 0 unspecified atom stereocenters. The Kier molecular flexibility index (Phi) is 2.31. The third-order valence-electron chi connectivity index (χ3n) is 4.93. The number of esters is 1. The first kappa shape index (κ1) is 11.7. The van der Waals surface area contributed by atoms with Gasteiger partial charge in [0.15, 0.2) is 5.78 Å². The Hall–Kier alpha value is -1.38. The summed E-state index contributed by atoms with van der Waals surface area (Å²) in [5.41, 5.74) is 1.72. The van der Waals surface area contributed by atoms with E-state index in [4.69, 9.17) is 4.74 Å². The monoisotopic (exact) mass is 246 g/mol. The molecule has 3 heteroatoms. The number of hydrogen-bond donors (Lipinski definition) is 0. The zero-order chi connectivity index (χ0) is 13.1. The number of hydrogen-bond acceptors (Lipinski definition) is 3. The molecule has 4 atom stereocenters. The highest BCUT2D eigenvalue weighted by Gasteiger charge is 2.53. The van der Waals surface area contributed by atoms with Crippen LogP contribution in [0.3, 0.4) is 0 Å². The Morgan fingerprint density at radius 3 is 2.89 bits per heavy atom. The fraction of sp³-hybridized carbons (Fsp3) is 0.600. The maximum absolute atomic E-state index is 11.8. The molecule has 0 aromatic rings. The van der Waals surface area contributed by atoms with E-state index in [-0.39, 0.29) is 29.2 Å². The van der Waals surface area contributed by atoms with E-state index in [9.17, 15) is 9.59 Å². The molecule has 0 N–H and O–H groups in total. The van der Waals surface area contributed by atoms with Crippen molar-refractivity contribution >= 4 is 11.8 Å². The van der Waals surface area contributed by atoms with Crippen molar-refractivity contribution in [3.05, 3.63) is 23.8 Å². The van der Waals surface area contributed by atoms with Gasteiger partial charge in [0.1, 0.15) is 6.10 Å². The van der Waals surface area contributed by atoms with Gasteiger partial charge in [-0.25, -0.2) is 4.79 Å². The normalized spacial score (nSPS) is 43.1. The van der Waals surface area contributed by atoms with Gasteiger partial charge in [-0.1, -0.05) is 19.1 Å². The Bertz CT molecular complexity index is 488. The lowest BCUT2D eigenvalue weighted by Crippen LogP contribution is -2.44. The zero-order valence-electron chi connectivity index (χ0n) is 10.9. The lowest BCUT2D eigenvalue weighted by atomic mass is 9.57. The lowest BCUT2D eigenvalue weighted by molar-refractivity contribution is -0.142. The number of allylic oxidation sites excluding steroid dienone is 2. The molecule has 3 aliphatic rings. The fourth-order valence-corrected chi connectivity index (χ4v) is 4.02. The third-order valence-corrected chi connectivity index (χ3v) is 4.93. The number of carbonyl (C=O) groups excluding carboxylic acids is 2. The Morgan fingerprint density at radius 1 is 1.44 bits per heavy atom. The third kappa shape index (κ3) is 1.49. The maximum atomic E-state index is 11.8. The fourth-order valence-electron chi connectivity index (χ4n) is 4.02. The van der Waals surface area contributed by atoms with Crippen molar-refractivity contribution in [1.82, 2.24) is 0 Å². The molecule has 0 aromatic heterocycles. The van der Waals surface area contributed by atoms with E-state index in [1.807, 2.05) is 6.92 Å². The van der Waals surface area contributed by atoms with Gasteiger partial charge in [0.05, 0.1) is 0 Å². The van der Waals surface area contributed by atoms with Crippen LogP contribution in [0, 0.1) is 17.3 Å². The van der Waals surface area contributed by atoms with Crippen molar-refractivity contribution in [3.8, 4) is 0 Å². The molecular weight excluding hydrogens is 228 g/mol. The van der Waals surface area contributed by atoms with Crippen LogP contribution in [0.25, 0.3) is 0 Å². The van der Waals surface area contributed by atoms with Gasteiger partial charge in [0.25, 0.3) is 0 Å². The summed E-state index contributed by atoms with van der Waals surface area (Å²) < 4.78 is 5.39. The highest BCUT2D eigenvalue weighted by Crippen LogP contribution is 2.54. The van der Waals surface area contributed by atoms with Crippen molar-refractivity contribution in [2.75, 3.05) is 0 Å². The van der Waals surface area contributed by atoms with Gasteiger partial charge in [0.2, 0.25) is 0 Å². The zero-order valence-corrected chi connectivity index (χ0v) is 10.9.